The quantitative estimate of drug-likeness (QED) is 0.622. The van der Waals surface area contributed by atoms with Crippen LogP contribution in [0.15, 0.2) is 0 Å². The summed E-state index contributed by atoms with van der Waals surface area (Å²) in [5.41, 5.74) is 0.0609. The van der Waals surface area contributed by atoms with E-state index in [2.05, 4.69) is 33.4 Å². The number of thiol groups is 1. The number of piperidine rings is 1. The molecule has 0 bridgehead atoms. The van der Waals surface area contributed by atoms with Crippen LogP contribution in [0, 0.1) is 17.3 Å². The lowest BCUT2D eigenvalue weighted by Crippen LogP contribution is -2.47. The van der Waals surface area contributed by atoms with Gasteiger partial charge in [-0.1, -0.05) is 27.7 Å². The lowest BCUT2D eigenvalue weighted by atomic mass is 9.81. The van der Waals surface area contributed by atoms with Gasteiger partial charge < -0.3 is 0 Å². The molecule has 1 atom stereocenters. The molecule has 0 radical (unpaired) electrons. The summed E-state index contributed by atoms with van der Waals surface area (Å²) in [5.74, 6) is 1.08. The Morgan fingerprint density at radius 3 is 2.12 bits per heavy atom. The standard InChI is InChI=1S/C13H23NO2S/c1-9-5-11(15)14(12(16)6-9)7-10(8-17)13(2,3)4/h9-10,17H,5-8H2,1-4H3. The summed E-state index contributed by atoms with van der Waals surface area (Å²) in [7, 11) is 0. The average Bonchev–Trinajstić information content (AvgIpc) is 2.14. The fraction of sp³-hybridized carbons (Fsp3) is 0.846. The van der Waals surface area contributed by atoms with Gasteiger partial charge in [0, 0.05) is 19.4 Å². The van der Waals surface area contributed by atoms with Crippen molar-refractivity contribution in [2.24, 2.45) is 17.3 Å². The summed E-state index contributed by atoms with van der Waals surface area (Å²) < 4.78 is 0. The van der Waals surface area contributed by atoms with E-state index < -0.39 is 0 Å². The number of carbonyl (C=O) groups is 2. The second-order valence-electron chi connectivity index (χ2n) is 6.16. The van der Waals surface area contributed by atoms with Crippen molar-refractivity contribution >= 4 is 24.4 Å². The number of amides is 2. The Morgan fingerprint density at radius 2 is 1.76 bits per heavy atom. The molecule has 0 aliphatic carbocycles. The maximum Gasteiger partial charge on any atom is 0.229 e. The van der Waals surface area contributed by atoms with Crippen LogP contribution in [0.5, 0.6) is 0 Å². The van der Waals surface area contributed by atoms with Crippen molar-refractivity contribution in [3.05, 3.63) is 0 Å². The van der Waals surface area contributed by atoms with Gasteiger partial charge in [-0.15, -0.1) is 0 Å². The zero-order chi connectivity index (χ0) is 13.2. The summed E-state index contributed by atoms with van der Waals surface area (Å²) in [6.07, 6.45) is 0.990. The van der Waals surface area contributed by atoms with Crippen LogP contribution < -0.4 is 0 Å². The summed E-state index contributed by atoms with van der Waals surface area (Å²) in [6.45, 7) is 8.82. The number of rotatable bonds is 3. The van der Waals surface area contributed by atoms with Gasteiger partial charge in [-0.3, -0.25) is 14.5 Å². The highest BCUT2D eigenvalue weighted by Crippen LogP contribution is 2.29. The summed E-state index contributed by atoms with van der Waals surface area (Å²) in [5, 5.41) is 0. The predicted molar refractivity (Wildman–Crippen MR) is 71.9 cm³/mol. The smallest absolute Gasteiger partial charge is 0.229 e. The van der Waals surface area contributed by atoms with Crippen molar-refractivity contribution in [2.75, 3.05) is 12.3 Å². The highest BCUT2D eigenvalue weighted by atomic mass is 32.1. The second-order valence-corrected chi connectivity index (χ2v) is 6.52. The number of likely N-dealkylation sites (tertiary alicyclic amines) is 1. The van der Waals surface area contributed by atoms with Crippen LogP contribution >= 0.6 is 12.6 Å². The van der Waals surface area contributed by atoms with Crippen LogP contribution in [0.1, 0.15) is 40.5 Å². The molecule has 1 fully saturated rings. The maximum absolute atomic E-state index is 11.9. The Balaban J connectivity index is 2.73. The first-order valence-corrected chi connectivity index (χ1v) is 6.83. The molecule has 1 saturated heterocycles. The monoisotopic (exact) mass is 257 g/mol. The van der Waals surface area contributed by atoms with Crippen molar-refractivity contribution in [1.82, 2.24) is 4.90 Å². The molecular weight excluding hydrogens is 234 g/mol. The molecule has 1 aliphatic heterocycles. The fourth-order valence-electron chi connectivity index (χ4n) is 2.06. The minimum absolute atomic E-state index is 0.0233. The van der Waals surface area contributed by atoms with Crippen LogP contribution in [0.2, 0.25) is 0 Å². The van der Waals surface area contributed by atoms with Crippen molar-refractivity contribution < 1.29 is 9.59 Å². The van der Waals surface area contributed by atoms with Crippen LogP contribution in [-0.2, 0) is 9.59 Å². The molecule has 1 unspecified atom stereocenters. The summed E-state index contributed by atoms with van der Waals surface area (Å²) >= 11 is 4.34. The fourth-order valence-corrected chi connectivity index (χ4v) is 2.72. The van der Waals surface area contributed by atoms with E-state index in [0.717, 1.165) is 0 Å². The summed E-state index contributed by atoms with van der Waals surface area (Å²) in [6, 6.07) is 0. The SMILES string of the molecule is CC1CC(=O)N(CC(CS)C(C)(C)C)C(=O)C1. The van der Waals surface area contributed by atoms with Crippen molar-refractivity contribution in [2.45, 2.75) is 40.5 Å². The Labute approximate surface area is 109 Å². The van der Waals surface area contributed by atoms with Crippen molar-refractivity contribution in [3.63, 3.8) is 0 Å². The zero-order valence-electron chi connectivity index (χ0n) is 11.2. The van der Waals surface area contributed by atoms with Gasteiger partial charge in [0.15, 0.2) is 0 Å². The van der Waals surface area contributed by atoms with E-state index in [1.54, 1.807) is 0 Å². The Kier molecular flexibility index (Phi) is 4.64. The van der Waals surface area contributed by atoms with Crippen LogP contribution in [-0.4, -0.2) is 29.0 Å². The van der Waals surface area contributed by atoms with Gasteiger partial charge in [-0.05, 0) is 23.0 Å². The molecule has 4 heteroatoms. The topological polar surface area (TPSA) is 37.4 Å². The lowest BCUT2D eigenvalue weighted by molar-refractivity contribution is -0.150. The predicted octanol–water partition coefficient (Wildman–Crippen LogP) is 2.36. The molecule has 1 heterocycles. The van der Waals surface area contributed by atoms with Gasteiger partial charge >= 0.3 is 0 Å². The molecule has 0 N–H and O–H groups in total. The average molecular weight is 257 g/mol. The highest BCUT2D eigenvalue weighted by Gasteiger charge is 2.34. The molecule has 1 aliphatic rings. The normalized spacial score (nSPS) is 20.9. The van der Waals surface area contributed by atoms with Gasteiger partial charge in [-0.2, -0.15) is 12.6 Å². The lowest BCUT2D eigenvalue weighted by Gasteiger charge is -2.36. The van der Waals surface area contributed by atoms with Crippen molar-refractivity contribution in [1.29, 1.82) is 0 Å². The largest absolute Gasteiger partial charge is 0.282 e. The van der Waals surface area contributed by atoms with E-state index in [1.807, 2.05) is 6.92 Å². The number of carbonyl (C=O) groups excluding carboxylic acids is 2. The van der Waals surface area contributed by atoms with Crippen LogP contribution in [0.3, 0.4) is 0 Å². The van der Waals surface area contributed by atoms with Gasteiger partial charge in [0.1, 0.15) is 0 Å². The first-order valence-electron chi connectivity index (χ1n) is 6.19. The van der Waals surface area contributed by atoms with Gasteiger partial charge in [0.25, 0.3) is 0 Å². The number of nitrogens with zero attached hydrogens (tertiary/aromatic N) is 1. The third kappa shape index (κ3) is 3.73. The second kappa shape index (κ2) is 5.42. The number of hydrogen-bond acceptors (Lipinski definition) is 3. The molecule has 17 heavy (non-hydrogen) atoms. The molecule has 0 aromatic heterocycles. The molecular formula is C13H23NO2S. The first kappa shape index (κ1) is 14.6. The molecule has 98 valence electrons. The van der Waals surface area contributed by atoms with Gasteiger partial charge in [0.2, 0.25) is 11.8 Å². The minimum Gasteiger partial charge on any atom is -0.282 e. The van der Waals surface area contributed by atoms with Crippen molar-refractivity contribution in [3.8, 4) is 0 Å². The molecule has 0 saturated carbocycles. The third-order valence-electron chi connectivity index (χ3n) is 3.50. The maximum atomic E-state index is 11.9. The Morgan fingerprint density at radius 1 is 1.29 bits per heavy atom. The number of imide groups is 1. The van der Waals surface area contributed by atoms with Crippen LogP contribution in [0.25, 0.3) is 0 Å². The molecule has 3 nitrogen and oxygen atoms in total. The van der Waals surface area contributed by atoms with E-state index in [-0.39, 0.29) is 29.1 Å². The molecule has 0 aromatic rings. The Bertz CT molecular complexity index is 291. The number of hydrogen-bond donors (Lipinski definition) is 1. The highest BCUT2D eigenvalue weighted by molar-refractivity contribution is 7.80. The van der Waals surface area contributed by atoms with E-state index in [9.17, 15) is 9.59 Å². The first-order chi connectivity index (χ1) is 7.75. The third-order valence-corrected chi connectivity index (χ3v) is 3.94. The van der Waals surface area contributed by atoms with E-state index in [1.165, 1.54) is 4.90 Å². The minimum atomic E-state index is -0.0233. The van der Waals surface area contributed by atoms with E-state index >= 15 is 0 Å². The molecule has 2 amide bonds. The van der Waals surface area contributed by atoms with E-state index in [0.29, 0.717) is 25.1 Å². The van der Waals surface area contributed by atoms with Gasteiger partial charge in [0.05, 0.1) is 0 Å². The van der Waals surface area contributed by atoms with Crippen LogP contribution in [0.4, 0.5) is 0 Å². The van der Waals surface area contributed by atoms with E-state index in [4.69, 9.17) is 0 Å². The van der Waals surface area contributed by atoms with Gasteiger partial charge in [-0.25, -0.2) is 0 Å². The summed E-state index contributed by atoms with van der Waals surface area (Å²) in [4.78, 5) is 25.2. The molecule has 0 aromatic carbocycles. The Hall–Kier alpha value is -0.510. The zero-order valence-corrected chi connectivity index (χ0v) is 12.1. The molecule has 0 spiro atoms. The molecule has 1 rings (SSSR count).